The zero-order valence-corrected chi connectivity index (χ0v) is 18.6. The Morgan fingerprint density at radius 3 is 2.32 bits per heavy atom. The normalized spacial score (nSPS) is 11.6. The first-order valence-corrected chi connectivity index (χ1v) is 11.7. The summed E-state index contributed by atoms with van der Waals surface area (Å²) in [5, 5.41) is 4.80. The topological polar surface area (TPSA) is 82.8 Å². The number of nitrogens with zero attached hydrogens (tertiary/aromatic N) is 3. The number of hydrogen-bond acceptors (Lipinski definition) is 6. The third-order valence-electron chi connectivity index (χ3n) is 4.97. The maximum absolute atomic E-state index is 11.8. The number of aromatic nitrogens is 3. The Bertz CT molecular complexity index is 1360. The summed E-state index contributed by atoms with van der Waals surface area (Å²) in [6, 6.07) is 16.3. The molecule has 0 bridgehead atoms. The van der Waals surface area contributed by atoms with Gasteiger partial charge in [0.1, 0.15) is 0 Å². The summed E-state index contributed by atoms with van der Waals surface area (Å²) in [6.45, 7) is 4.39. The summed E-state index contributed by atoms with van der Waals surface area (Å²) in [5.41, 5.74) is 4.80. The van der Waals surface area contributed by atoms with Crippen LogP contribution in [0.15, 0.2) is 59.5 Å². The van der Waals surface area contributed by atoms with Crippen LogP contribution < -0.4 is 9.47 Å². The van der Waals surface area contributed by atoms with Crippen molar-refractivity contribution in [3.05, 3.63) is 60.3 Å². The minimum Gasteiger partial charge on any atom is -0.493 e. The highest BCUT2D eigenvalue weighted by Gasteiger charge is 2.15. The largest absolute Gasteiger partial charge is 0.493 e. The van der Waals surface area contributed by atoms with Crippen LogP contribution in [-0.4, -0.2) is 43.0 Å². The average Bonchev–Trinajstić information content (AvgIpc) is 3.08. The molecule has 31 heavy (non-hydrogen) atoms. The van der Waals surface area contributed by atoms with E-state index < -0.39 is 9.84 Å². The molecule has 0 aliphatic heterocycles. The average molecular weight is 438 g/mol. The van der Waals surface area contributed by atoms with Crippen molar-refractivity contribution in [2.45, 2.75) is 18.7 Å². The van der Waals surface area contributed by atoms with Gasteiger partial charge in [-0.2, -0.15) is 5.10 Å². The molecule has 2 aromatic carbocycles. The lowest BCUT2D eigenvalue weighted by molar-refractivity contribution is 0.311. The molecule has 0 radical (unpaired) electrons. The molecule has 0 aliphatic carbocycles. The van der Waals surface area contributed by atoms with Crippen LogP contribution in [0.25, 0.3) is 28.2 Å². The molecule has 8 heteroatoms. The number of fused-ring (bicyclic) bond motifs is 1. The van der Waals surface area contributed by atoms with E-state index in [1.807, 2.05) is 44.2 Å². The number of rotatable bonds is 6. The van der Waals surface area contributed by atoms with Crippen molar-refractivity contribution in [1.29, 1.82) is 0 Å². The number of methoxy groups -OCH3 is 1. The minimum atomic E-state index is -3.26. The molecule has 4 aromatic rings. The first kappa shape index (κ1) is 20.9. The fourth-order valence-electron chi connectivity index (χ4n) is 3.49. The molecule has 0 amide bonds. The number of aryl methyl sites for hydroxylation is 1. The van der Waals surface area contributed by atoms with Gasteiger partial charge in [-0.25, -0.2) is 17.9 Å². The smallest absolute Gasteiger partial charge is 0.175 e. The van der Waals surface area contributed by atoms with Crippen molar-refractivity contribution in [1.82, 2.24) is 14.6 Å². The minimum absolute atomic E-state index is 0.276. The van der Waals surface area contributed by atoms with Gasteiger partial charge >= 0.3 is 0 Å². The van der Waals surface area contributed by atoms with Gasteiger partial charge in [0.15, 0.2) is 27.0 Å². The van der Waals surface area contributed by atoms with E-state index in [2.05, 4.69) is 4.98 Å². The van der Waals surface area contributed by atoms with Gasteiger partial charge < -0.3 is 9.47 Å². The summed E-state index contributed by atoms with van der Waals surface area (Å²) in [5.74, 6) is 1.32. The van der Waals surface area contributed by atoms with Crippen molar-refractivity contribution in [2.24, 2.45) is 0 Å². The predicted molar refractivity (Wildman–Crippen MR) is 119 cm³/mol. The molecule has 0 unspecified atom stereocenters. The van der Waals surface area contributed by atoms with E-state index in [1.165, 1.54) is 6.26 Å². The lowest BCUT2D eigenvalue weighted by Gasteiger charge is -2.11. The van der Waals surface area contributed by atoms with Gasteiger partial charge in [-0.05, 0) is 56.3 Å². The van der Waals surface area contributed by atoms with E-state index >= 15 is 0 Å². The number of sulfone groups is 1. The van der Waals surface area contributed by atoms with Gasteiger partial charge in [-0.15, -0.1) is 0 Å². The Morgan fingerprint density at radius 2 is 1.68 bits per heavy atom. The Hall–Kier alpha value is -3.39. The lowest BCUT2D eigenvalue weighted by atomic mass is 10.1. The summed E-state index contributed by atoms with van der Waals surface area (Å²) >= 11 is 0. The van der Waals surface area contributed by atoms with Crippen LogP contribution in [0.1, 0.15) is 12.6 Å². The zero-order chi connectivity index (χ0) is 22.2. The molecular formula is C23H23N3O4S. The van der Waals surface area contributed by atoms with Gasteiger partial charge in [0.2, 0.25) is 0 Å². The molecule has 0 N–H and O–H groups in total. The highest BCUT2D eigenvalue weighted by molar-refractivity contribution is 7.90. The Labute approximate surface area is 181 Å². The van der Waals surface area contributed by atoms with Gasteiger partial charge in [0, 0.05) is 17.4 Å². The van der Waals surface area contributed by atoms with Crippen molar-refractivity contribution in [3.63, 3.8) is 0 Å². The third kappa shape index (κ3) is 3.98. The van der Waals surface area contributed by atoms with Crippen LogP contribution in [0.3, 0.4) is 0 Å². The van der Waals surface area contributed by atoms with E-state index in [9.17, 15) is 8.42 Å². The van der Waals surface area contributed by atoms with Crippen molar-refractivity contribution in [3.8, 4) is 34.0 Å². The SMILES string of the molecule is CCOc1ccc(-c2ccc3nc(C)c(-c4ccc(S(C)(=O)=O)cc4)n3n2)cc1OC. The van der Waals surface area contributed by atoms with Crippen LogP contribution in [0.5, 0.6) is 11.5 Å². The first-order chi connectivity index (χ1) is 14.8. The summed E-state index contributed by atoms with van der Waals surface area (Å²) in [7, 11) is -1.65. The molecule has 4 rings (SSSR count). The lowest BCUT2D eigenvalue weighted by Crippen LogP contribution is -1.99. The molecule has 0 spiro atoms. The molecule has 2 aromatic heterocycles. The van der Waals surface area contributed by atoms with Gasteiger partial charge in [0.25, 0.3) is 0 Å². The monoisotopic (exact) mass is 437 g/mol. The molecule has 160 valence electrons. The maximum Gasteiger partial charge on any atom is 0.175 e. The molecule has 2 heterocycles. The van der Waals surface area contributed by atoms with E-state index in [0.29, 0.717) is 23.8 Å². The fourth-order valence-corrected chi connectivity index (χ4v) is 4.12. The molecule has 0 saturated carbocycles. The molecule has 0 atom stereocenters. The summed E-state index contributed by atoms with van der Waals surface area (Å²) < 4.78 is 36.4. The third-order valence-corrected chi connectivity index (χ3v) is 6.10. The molecule has 0 aliphatic rings. The Balaban J connectivity index is 1.82. The van der Waals surface area contributed by atoms with Crippen LogP contribution in [-0.2, 0) is 9.84 Å². The maximum atomic E-state index is 11.8. The Kier molecular flexibility index (Phi) is 5.41. The first-order valence-electron chi connectivity index (χ1n) is 9.80. The fraction of sp³-hybridized carbons (Fsp3) is 0.217. The second-order valence-electron chi connectivity index (χ2n) is 7.13. The van der Waals surface area contributed by atoms with Gasteiger partial charge in [0.05, 0.1) is 35.7 Å². The highest BCUT2D eigenvalue weighted by Crippen LogP contribution is 2.33. The second kappa shape index (κ2) is 8.03. The van der Waals surface area contributed by atoms with Crippen molar-refractivity contribution < 1.29 is 17.9 Å². The predicted octanol–water partition coefficient (Wildman–Crippen LogP) is 4.18. The van der Waals surface area contributed by atoms with Crippen LogP contribution in [0.2, 0.25) is 0 Å². The molecule has 0 fully saturated rings. The van der Waals surface area contributed by atoms with E-state index in [4.69, 9.17) is 14.6 Å². The summed E-state index contributed by atoms with van der Waals surface area (Å²) in [6.07, 6.45) is 1.19. The molecular weight excluding hydrogens is 414 g/mol. The van der Waals surface area contributed by atoms with Crippen LogP contribution >= 0.6 is 0 Å². The van der Waals surface area contributed by atoms with E-state index in [-0.39, 0.29) is 4.90 Å². The zero-order valence-electron chi connectivity index (χ0n) is 17.8. The molecule has 7 nitrogen and oxygen atoms in total. The standard InChI is InChI=1S/C23H23N3O4S/c1-5-30-20-12-8-17(14-21(20)29-3)19-11-13-22-24-15(2)23(26(22)25-19)16-6-9-18(10-7-16)31(4,27)28/h6-14H,5H2,1-4H3. The number of hydrogen-bond donors (Lipinski definition) is 0. The van der Waals surface area contributed by atoms with E-state index in [1.54, 1.807) is 35.9 Å². The highest BCUT2D eigenvalue weighted by atomic mass is 32.2. The van der Waals surface area contributed by atoms with Gasteiger partial charge in [-0.3, -0.25) is 0 Å². The molecule has 0 saturated heterocycles. The van der Waals surface area contributed by atoms with Gasteiger partial charge in [-0.1, -0.05) is 12.1 Å². The number of imidazole rings is 1. The number of ether oxygens (including phenoxy) is 2. The van der Waals surface area contributed by atoms with E-state index in [0.717, 1.165) is 28.2 Å². The number of benzene rings is 2. The van der Waals surface area contributed by atoms with Crippen LogP contribution in [0, 0.1) is 6.92 Å². The van der Waals surface area contributed by atoms with Crippen LogP contribution in [0.4, 0.5) is 0 Å². The quantitative estimate of drug-likeness (QED) is 0.450. The van der Waals surface area contributed by atoms with Crippen molar-refractivity contribution in [2.75, 3.05) is 20.0 Å². The Morgan fingerprint density at radius 1 is 0.968 bits per heavy atom. The summed E-state index contributed by atoms with van der Waals surface area (Å²) in [4.78, 5) is 4.88. The second-order valence-corrected chi connectivity index (χ2v) is 9.15. The van der Waals surface area contributed by atoms with Crippen molar-refractivity contribution >= 4 is 15.5 Å².